The van der Waals surface area contributed by atoms with Gasteiger partial charge in [-0.15, -0.1) is 0 Å². The van der Waals surface area contributed by atoms with E-state index in [0.29, 0.717) is 30.4 Å². The zero-order valence-corrected chi connectivity index (χ0v) is 36.4. The molecule has 5 fully saturated rings. The highest BCUT2D eigenvalue weighted by Gasteiger charge is 2.46. The summed E-state index contributed by atoms with van der Waals surface area (Å²) in [4.78, 5) is 48.5. The fourth-order valence-electron chi connectivity index (χ4n) is 11.0. The topological polar surface area (TPSA) is 175 Å². The number of anilines is 2. The molecule has 1 aliphatic carbocycles. The number of hydrogen-bond donors (Lipinski definition) is 2. The van der Waals surface area contributed by atoms with Crippen LogP contribution >= 0.6 is 0 Å². The van der Waals surface area contributed by atoms with E-state index in [0.717, 1.165) is 131 Å². The lowest BCUT2D eigenvalue weighted by molar-refractivity contribution is -0.135. The Labute approximate surface area is 373 Å². The van der Waals surface area contributed by atoms with E-state index in [4.69, 9.17) is 14.8 Å². The number of amides is 2. The van der Waals surface area contributed by atoms with E-state index in [-0.39, 0.29) is 34.4 Å². The van der Waals surface area contributed by atoms with Crippen LogP contribution in [0, 0.1) is 24.2 Å². The van der Waals surface area contributed by atoms with Gasteiger partial charge in [-0.1, -0.05) is 12.1 Å². The molecule has 1 spiro atoms. The first-order valence-electron chi connectivity index (χ1n) is 23.0. The first kappa shape index (κ1) is 41.6. The van der Waals surface area contributed by atoms with Crippen molar-refractivity contribution in [3.05, 3.63) is 72.2 Å². The summed E-state index contributed by atoms with van der Waals surface area (Å²) in [6.07, 6.45) is 12.9. The Morgan fingerprint density at radius 1 is 0.985 bits per heavy atom. The zero-order valence-electron chi connectivity index (χ0n) is 36.4. The molecule has 1 aromatic carbocycles. The van der Waals surface area contributed by atoms with Gasteiger partial charge in [0, 0.05) is 80.7 Å². The molecule has 340 valence electrons. The standard InChI is InChI=1S/C46H53F2N13O4/c1-28-39-33(3-2-4-36(39)61(54-28)41-37(62)9-14-49-45(41)64)31-19-50-58(23-31)22-30-10-15-56(16-11-30)21-29-5-7-32(8-6-29)60-24-35(40(55-60)42(47)48)52-44(63)34-20-51-59-17-12-38(53-43(34)59)57-25-46(26-57)13-18-65-27-46/h2-4,12,17,19-20,23-24,29-30,32,41-42H,5-11,13-16,18,21-22,25-27H2,1H3,(H,49,64)(H,52,63). The Balaban J connectivity index is 0.671. The molecule has 65 heavy (non-hydrogen) atoms. The number of rotatable bonds is 11. The second-order valence-corrected chi connectivity index (χ2v) is 18.9. The molecule has 4 aliphatic heterocycles. The van der Waals surface area contributed by atoms with E-state index in [1.165, 1.54) is 10.7 Å². The van der Waals surface area contributed by atoms with Gasteiger partial charge in [0.25, 0.3) is 18.2 Å². The monoisotopic (exact) mass is 889 g/mol. The lowest BCUT2D eigenvalue weighted by Gasteiger charge is -2.47. The molecule has 2 N–H and O–H groups in total. The first-order chi connectivity index (χ1) is 31.6. The third kappa shape index (κ3) is 7.85. The van der Waals surface area contributed by atoms with Crippen molar-refractivity contribution in [1.82, 2.24) is 54.2 Å². The van der Waals surface area contributed by atoms with Crippen LogP contribution in [0.3, 0.4) is 0 Å². The summed E-state index contributed by atoms with van der Waals surface area (Å²) in [6, 6.07) is 6.77. The van der Waals surface area contributed by atoms with E-state index in [1.54, 1.807) is 21.8 Å². The average molecular weight is 890 g/mol. The summed E-state index contributed by atoms with van der Waals surface area (Å²) in [5.41, 5.74) is 3.77. The highest BCUT2D eigenvalue weighted by Crippen LogP contribution is 2.41. The van der Waals surface area contributed by atoms with Crippen LogP contribution in [0.4, 0.5) is 20.3 Å². The van der Waals surface area contributed by atoms with Gasteiger partial charge in [-0.2, -0.15) is 20.4 Å². The molecule has 11 rings (SSSR count). The van der Waals surface area contributed by atoms with Crippen molar-refractivity contribution >= 4 is 45.7 Å². The van der Waals surface area contributed by atoms with Crippen molar-refractivity contribution in [2.45, 2.75) is 83.3 Å². The molecule has 1 atom stereocenters. The number of ketones is 1. The van der Waals surface area contributed by atoms with Gasteiger partial charge in [0.1, 0.15) is 11.4 Å². The Morgan fingerprint density at radius 2 is 1.80 bits per heavy atom. The van der Waals surface area contributed by atoms with Crippen LogP contribution in [0.5, 0.6) is 0 Å². The molecule has 9 heterocycles. The van der Waals surface area contributed by atoms with Crippen LogP contribution in [0.25, 0.3) is 27.7 Å². The number of carbonyl (C=O) groups excluding carboxylic acids is 3. The van der Waals surface area contributed by atoms with E-state index in [2.05, 4.69) is 41.9 Å². The molecule has 4 saturated heterocycles. The quantitative estimate of drug-likeness (QED) is 0.154. The summed E-state index contributed by atoms with van der Waals surface area (Å²) in [5.74, 6) is 0.755. The number of carbonyl (C=O) groups is 3. The Hall–Kier alpha value is -6.08. The first-order valence-corrected chi connectivity index (χ1v) is 23.0. The van der Waals surface area contributed by atoms with Crippen LogP contribution in [-0.2, 0) is 20.9 Å². The van der Waals surface area contributed by atoms with Gasteiger partial charge in [0.2, 0.25) is 0 Å². The average Bonchev–Trinajstić information content (AvgIpc) is 4.15. The third-order valence-electron chi connectivity index (χ3n) is 14.6. The summed E-state index contributed by atoms with van der Waals surface area (Å²) < 4.78 is 41.1. The summed E-state index contributed by atoms with van der Waals surface area (Å²) >= 11 is 0. The third-order valence-corrected chi connectivity index (χ3v) is 14.6. The molecule has 17 nitrogen and oxygen atoms in total. The number of ether oxygens (including phenoxy) is 1. The molecule has 1 unspecified atom stereocenters. The second-order valence-electron chi connectivity index (χ2n) is 18.9. The number of aromatic nitrogens is 9. The number of nitrogens with zero attached hydrogens (tertiary/aromatic N) is 11. The van der Waals surface area contributed by atoms with Crippen LogP contribution in [0.15, 0.2) is 55.2 Å². The fourth-order valence-corrected chi connectivity index (χ4v) is 11.0. The van der Waals surface area contributed by atoms with Crippen LogP contribution in [0.1, 0.15) is 91.6 Å². The van der Waals surface area contributed by atoms with Crippen LogP contribution in [0.2, 0.25) is 0 Å². The molecule has 6 aromatic rings. The maximum atomic E-state index is 14.3. The van der Waals surface area contributed by atoms with E-state index in [1.807, 2.05) is 42.1 Å². The number of likely N-dealkylation sites (tertiary alicyclic amines) is 1. The Bertz CT molecular complexity index is 2750. The highest BCUT2D eigenvalue weighted by atomic mass is 19.3. The number of nitrogens with one attached hydrogen (secondary N) is 2. The van der Waals surface area contributed by atoms with E-state index in [9.17, 15) is 23.2 Å². The Kier molecular flexibility index (Phi) is 10.7. The maximum Gasteiger partial charge on any atom is 0.284 e. The predicted molar refractivity (Wildman–Crippen MR) is 236 cm³/mol. The SMILES string of the molecule is Cc1nn(C2C(=O)CCNC2=O)c2cccc(-c3cnn(CC4CCN(CC5CCC(n6cc(NC(=O)c7cnn8ccc(N9CC%10(CCOC%10)C9)nc78)c(C(F)F)n6)CC5)CC4)c3)c12. The molecular formula is C46H53F2N13O4. The number of benzene rings is 1. The summed E-state index contributed by atoms with van der Waals surface area (Å²) in [6.45, 7) is 9.34. The van der Waals surface area contributed by atoms with Crippen LogP contribution in [-0.4, -0.2) is 119 Å². The minimum absolute atomic E-state index is 0.00696. The number of piperidine rings is 2. The van der Waals surface area contributed by atoms with Crippen molar-refractivity contribution in [3.63, 3.8) is 0 Å². The van der Waals surface area contributed by atoms with Crippen molar-refractivity contribution in [1.29, 1.82) is 0 Å². The number of halogens is 2. The lowest BCUT2D eigenvalue weighted by atomic mass is 9.79. The van der Waals surface area contributed by atoms with Gasteiger partial charge in [-0.25, -0.2) is 23.0 Å². The lowest BCUT2D eigenvalue weighted by Crippen LogP contribution is -2.57. The van der Waals surface area contributed by atoms with E-state index < -0.39 is 24.1 Å². The molecular weight excluding hydrogens is 837 g/mol. The highest BCUT2D eigenvalue weighted by molar-refractivity contribution is 6.09. The molecule has 1 saturated carbocycles. The Morgan fingerprint density at radius 3 is 2.57 bits per heavy atom. The normalized spacial score (nSPS) is 23.0. The number of Topliss-reactive ketones (excluding diaryl/α,β-unsaturated/α-hetero) is 1. The van der Waals surface area contributed by atoms with Crippen LogP contribution < -0.4 is 15.5 Å². The second kappa shape index (κ2) is 16.7. The number of alkyl halides is 2. The zero-order chi connectivity index (χ0) is 44.4. The van der Waals surface area contributed by atoms with Crippen molar-refractivity contribution in [2.24, 2.45) is 17.3 Å². The maximum absolute atomic E-state index is 14.3. The van der Waals surface area contributed by atoms with Crippen molar-refractivity contribution in [2.75, 3.05) is 62.7 Å². The number of fused-ring (bicyclic) bond motifs is 2. The van der Waals surface area contributed by atoms with Gasteiger partial charge < -0.3 is 25.2 Å². The van der Waals surface area contributed by atoms with Gasteiger partial charge in [-0.05, 0) is 94.5 Å². The van der Waals surface area contributed by atoms with Gasteiger partial charge in [-0.3, -0.25) is 23.7 Å². The molecule has 19 heteroatoms. The van der Waals surface area contributed by atoms with E-state index >= 15 is 0 Å². The number of aryl methyl sites for hydroxylation is 1. The van der Waals surface area contributed by atoms with Gasteiger partial charge in [0.05, 0.1) is 41.9 Å². The smallest absolute Gasteiger partial charge is 0.284 e. The minimum Gasteiger partial charge on any atom is -0.381 e. The largest absolute Gasteiger partial charge is 0.381 e. The molecule has 0 radical (unpaired) electrons. The molecule has 5 aromatic heterocycles. The number of hydrogen-bond acceptors (Lipinski definition) is 11. The summed E-state index contributed by atoms with van der Waals surface area (Å²) in [7, 11) is 0. The molecule has 0 bridgehead atoms. The van der Waals surface area contributed by atoms with Gasteiger partial charge in [0.15, 0.2) is 23.2 Å². The molecule has 2 amide bonds. The van der Waals surface area contributed by atoms with Gasteiger partial charge >= 0.3 is 0 Å². The summed E-state index contributed by atoms with van der Waals surface area (Å²) in [5, 5.41) is 24.5. The fraction of sp³-hybridized carbons (Fsp3) is 0.522. The van der Waals surface area contributed by atoms with Crippen molar-refractivity contribution in [3.8, 4) is 11.1 Å². The predicted octanol–water partition coefficient (Wildman–Crippen LogP) is 5.64. The minimum atomic E-state index is -2.85. The van der Waals surface area contributed by atoms with Crippen molar-refractivity contribution < 1.29 is 27.9 Å². The molecule has 5 aliphatic rings.